The second-order valence-electron chi connectivity index (χ2n) is 6.17. The van der Waals surface area contributed by atoms with Crippen molar-refractivity contribution in [1.29, 1.82) is 0 Å². The predicted octanol–water partition coefficient (Wildman–Crippen LogP) is 5.27. The van der Waals surface area contributed by atoms with Crippen molar-refractivity contribution in [1.82, 2.24) is 24.9 Å². The predicted molar refractivity (Wildman–Crippen MR) is 110 cm³/mol. The van der Waals surface area contributed by atoms with Crippen LogP contribution in [0.2, 0.25) is 5.02 Å². The quantitative estimate of drug-likeness (QED) is 0.402. The summed E-state index contributed by atoms with van der Waals surface area (Å²) in [6.45, 7) is 4.85. The molecule has 0 aliphatic rings. The lowest BCUT2D eigenvalue weighted by atomic mass is 10.1. The Hall–Kier alpha value is -2.64. The standard InChI is InChI=1S/C20H18ClN5OS/c1-3-26-19(14-8-10-15(21)11-9-14)23-24-20(26)28-12-17-22-18(25-27-17)16-7-5-4-6-13(16)2/h4-11H,3,12H2,1-2H3. The Bertz CT molecular complexity index is 1090. The van der Waals surface area contributed by atoms with Gasteiger partial charge in [-0.25, -0.2) is 0 Å². The normalized spacial score (nSPS) is 11.1. The van der Waals surface area contributed by atoms with Crippen molar-refractivity contribution in [3.05, 3.63) is 65.0 Å². The Morgan fingerprint density at radius 1 is 1.07 bits per heavy atom. The summed E-state index contributed by atoms with van der Waals surface area (Å²) in [6.07, 6.45) is 0. The Morgan fingerprint density at radius 2 is 1.86 bits per heavy atom. The van der Waals surface area contributed by atoms with Crippen LogP contribution < -0.4 is 0 Å². The molecule has 2 aromatic carbocycles. The van der Waals surface area contributed by atoms with Gasteiger partial charge in [-0.1, -0.05) is 52.8 Å². The van der Waals surface area contributed by atoms with Crippen molar-refractivity contribution < 1.29 is 4.52 Å². The van der Waals surface area contributed by atoms with Crippen molar-refractivity contribution in [2.45, 2.75) is 31.3 Å². The van der Waals surface area contributed by atoms with E-state index in [0.717, 1.165) is 34.2 Å². The summed E-state index contributed by atoms with van der Waals surface area (Å²) in [6, 6.07) is 15.6. The van der Waals surface area contributed by atoms with Crippen LogP contribution in [0.3, 0.4) is 0 Å². The maximum atomic E-state index is 5.98. The number of halogens is 1. The van der Waals surface area contributed by atoms with Gasteiger partial charge in [0.1, 0.15) is 0 Å². The van der Waals surface area contributed by atoms with E-state index in [4.69, 9.17) is 16.1 Å². The van der Waals surface area contributed by atoms with Gasteiger partial charge in [0.15, 0.2) is 11.0 Å². The van der Waals surface area contributed by atoms with Crippen LogP contribution in [0.1, 0.15) is 18.4 Å². The summed E-state index contributed by atoms with van der Waals surface area (Å²) in [4.78, 5) is 4.52. The summed E-state index contributed by atoms with van der Waals surface area (Å²) in [5.41, 5.74) is 3.07. The molecule has 6 nitrogen and oxygen atoms in total. The van der Waals surface area contributed by atoms with Crippen LogP contribution in [0.4, 0.5) is 0 Å². The van der Waals surface area contributed by atoms with Crippen LogP contribution >= 0.6 is 23.4 Å². The van der Waals surface area contributed by atoms with Gasteiger partial charge in [-0.2, -0.15) is 4.98 Å². The number of aromatic nitrogens is 5. The van der Waals surface area contributed by atoms with Crippen molar-refractivity contribution >= 4 is 23.4 Å². The molecule has 0 N–H and O–H groups in total. The number of benzene rings is 2. The highest BCUT2D eigenvalue weighted by molar-refractivity contribution is 7.98. The lowest BCUT2D eigenvalue weighted by molar-refractivity contribution is 0.391. The average Bonchev–Trinajstić information content (AvgIpc) is 3.34. The third-order valence-corrected chi connectivity index (χ3v) is 5.52. The largest absolute Gasteiger partial charge is 0.338 e. The molecular weight excluding hydrogens is 394 g/mol. The van der Waals surface area contributed by atoms with E-state index >= 15 is 0 Å². The van der Waals surface area contributed by atoms with Crippen LogP contribution in [-0.4, -0.2) is 24.9 Å². The van der Waals surface area contributed by atoms with Crippen LogP contribution in [0.15, 0.2) is 58.2 Å². The minimum Gasteiger partial charge on any atom is -0.338 e. The van der Waals surface area contributed by atoms with E-state index < -0.39 is 0 Å². The second kappa shape index (κ2) is 8.16. The molecule has 0 spiro atoms. The van der Waals surface area contributed by atoms with Gasteiger partial charge >= 0.3 is 0 Å². The molecule has 0 amide bonds. The molecule has 0 aliphatic carbocycles. The van der Waals surface area contributed by atoms with E-state index in [0.29, 0.717) is 22.5 Å². The number of thioether (sulfide) groups is 1. The van der Waals surface area contributed by atoms with Gasteiger partial charge in [0, 0.05) is 22.7 Å². The van der Waals surface area contributed by atoms with Gasteiger partial charge in [0.25, 0.3) is 0 Å². The van der Waals surface area contributed by atoms with E-state index in [1.54, 1.807) is 0 Å². The molecule has 4 aromatic rings. The number of aryl methyl sites for hydroxylation is 1. The van der Waals surface area contributed by atoms with Crippen LogP contribution in [0, 0.1) is 6.92 Å². The number of rotatable bonds is 6. The van der Waals surface area contributed by atoms with E-state index in [9.17, 15) is 0 Å². The lowest BCUT2D eigenvalue weighted by Gasteiger charge is -2.06. The fraction of sp³-hybridized carbons (Fsp3) is 0.200. The van der Waals surface area contributed by atoms with Gasteiger partial charge in [0.05, 0.1) is 5.75 Å². The third kappa shape index (κ3) is 3.81. The Labute approximate surface area is 172 Å². The molecule has 142 valence electrons. The van der Waals surface area contributed by atoms with Crippen molar-refractivity contribution in [2.24, 2.45) is 0 Å². The van der Waals surface area contributed by atoms with Crippen LogP contribution in [0.25, 0.3) is 22.8 Å². The highest BCUT2D eigenvalue weighted by atomic mass is 35.5. The fourth-order valence-corrected chi connectivity index (χ4v) is 3.83. The summed E-state index contributed by atoms with van der Waals surface area (Å²) in [5.74, 6) is 2.50. The first-order valence-corrected chi connectivity index (χ1v) is 10.2. The molecule has 2 aromatic heterocycles. The molecule has 0 aliphatic heterocycles. The Balaban J connectivity index is 1.51. The molecule has 0 saturated heterocycles. The first-order valence-electron chi connectivity index (χ1n) is 8.86. The number of hydrogen-bond acceptors (Lipinski definition) is 6. The topological polar surface area (TPSA) is 69.6 Å². The van der Waals surface area contributed by atoms with Gasteiger partial charge in [-0.15, -0.1) is 10.2 Å². The fourth-order valence-electron chi connectivity index (χ4n) is 2.87. The summed E-state index contributed by atoms with van der Waals surface area (Å²) in [5, 5.41) is 14.3. The summed E-state index contributed by atoms with van der Waals surface area (Å²) in [7, 11) is 0. The van der Waals surface area contributed by atoms with Crippen molar-refractivity contribution in [3.8, 4) is 22.8 Å². The van der Waals surface area contributed by atoms with Crippen molar-refractivity contribution in [2.75, 3.05) is 0 Å². The molecule has 0 unspecified atom stereocenters. The zero-order chi connectivity index (χ0) is 19.5. The molecule has 8 heteroatoms. The number of hydrogen-bond donors (Lipinski definition) is 0. The highest BCUT2D eigenvalue weighted by Crippen LogP contribution is 2.28. The van der Waals surface area contributed by atoms with Gasteiger partial charge < -0.3 is 9.09 Å². The minimum absolute atomic E-state index is 0.525. The van der Waals surface area contributed by atoms with Crippen molar-refractivity contribution in [3.63, 3.8) is 0 Å². The molecule has 2 heterocycles. The van der Waals surface area contributed by atoms with E-state index in [1.165, 1.54) is 11.8 Å². The van der Waals surface area contributed by atoms with E-state index in [2.05, 4.69) is 31.8 Å². The van der Waals surface area contributed by atoms with Crippen LogP contribution in [0.5, 0.6) is 0 Å². The van der Waals surface area contributed by atoms with Gasteiger partial charge in [-0.05, 0) is 43.7 Å². The monoisotopic (exact) mass is 411 g/mol. The molecule has 4 rings (SSSR count). The Morgan fingerprint density at radius 3 is 2.61 bits per heavy atom. The third-order valence-electron chi connectivity index (χ3n) is 4.31. The maximum absolute atomic E-state index is 5.98. The first-order chi connectivity index (χ1) is 13.7. The average molecular weight is 412 g/mol. The minimum atomic E-state index is 0.525. The van der Waals surface area contributed by atoms with E-state index in [1.807, 2.05) is 55.5 Å². The van der Waals surface area contributed by atoms with Gasteiger partial charge in [-0.3, -0.25) is 0 Å². The molecule has 28 heavy (non-hydrogen) atoms. The second-order valence-corrected chi connectivity index (χ2v) is 7.55. The Kier molecular flexibility index (Phi) is 5.45. The van der Waals surface area contributed by atoms with Crippen LogP contribution in [-0.2, 0) is 12.3 Å². The summed E-state index contributed by atoms with van der Waals surface area (Å²) < 4.78 is 7.48. The van der Waals surface area contributed by atoms with Gasteiger partial charge in [0.2, 0.25) is 11.7 Å². The first kappa shape index (κ1) is 18.7. The SMILES string of the molecule is CCn1c(SCc2nc(-c3ccccc3C)no2)nnc1-c1ccc(Cl)cc1. The molecule has 0 fully saturated rings. The zero-order valence-corrected chi connectivity index (χ0v) is 17.0. The number of nitrogens with zero attached hydrogens (tertiary/aromatic N) is 5. The summed E-state index contributed by atoms with van der Waals surface area (Å²) >= 11 is 7.50. The molecular formula is C20H18ClN5OS. The highest BCUT2D eigenvalue weighted by Gasteiger charge is 2.16. The van der Waals surface area contributed by atoms with E-state index in [-0.39, 0.29) is 0 Å². The zero-order valence-electron chi connectivity index (χ0n) is 15.5. The maximum Gasteiger partial charge on any atom is 0.237 e. The molecule has 0 saturated carbocycles. The molecule has 0 bridgehead atoms. The molecule has 0 atom stereocenters. The molecule has 0 radical (unpaired) electrons. The smallest absolute Gasteiger partial charge is 0.237 e. The lowest BCUT2D eigenvalue weighted by Crippen LogP contribution is -1.99.